The Hall–Kier alpha value is -3.14. The summed E-state index contributed by atoms with van der Waals surface area (Å²) in [5.41, 5.74) is 1.16. The molecule has 1 aromatic carbocycles. The number of pyridine rings is 1. The SMILES string of the molecule is O=C1NCC[C@]12CC[C@@H](Nc1ncc3c(Br)nn(-c4cc(F)c5ncccc5c4)c3n1)C2. The predicted molar refractivity (Wildman–Crippen MR) is 121 cm³/mol. The maximum Gasteiger partial charge on any atom is 0.226 e. The van der Waals surface area contributed by atoms with Gasteiger partial charge in [0.15, 0.2) is 11.5 Å². The van der Waals surface area contributed by atoms with Crippen molar-refractivity contribution in [3.63, 3.8) is 0 Å². The zero-order valence-electron chi connectivity index (χ0n) is 17.0. The molecule has 2 aliphatic rings. The minimum absolute atomic E-state index is 0.125. The first-order chi connectivity index (χ1) is 15.5. The van der Waals surface area contributed by atoms with E-state index in [-0.39, 0.29) is 17.4 Å². The third kappa shape index (κ3) is 3.04. The molecule has 2 N–H and O–H groups in total. The van der Waals surface area contributed by atoms with Crippen molar-refractivity contribution in [2.24, 2.45) is 5.41 Å². The van der Waals surface area contributed by atoms with Crippen LogP contribution in [-0.2, 0) is 4.79 Å². The van der Waals surface area contributed by atoms with Crippen molar-refractivity contribution in [3.05, 3.63) is 47.1 Å². The molecule has 0 unspecified atom stereocenters. The van der Waals surface area contributed by atoms with E-state index in [4.69, 9.17) is 0 Å². The topological polar surface area (TPSA) is 97.6 Å². The van der Waals surface area contributed by atoms with Crippen molar-refractivity contribution >= 4 is 49.7 Å². The lowest BCUT2D eigenvalue weighted by Crippen LogP contribution is -2.30. The fraction of sp³-hybridized carbons (Fsp3) is 0.318. The Labute approximate surface area is 190 Å². The van der Waals surface area contributed by atoms with Gasteiger partial charge < -0.3 is 10.6 Å². The van der Waals surface area contributed by atoms with E-state index in [1.54, 1.807) is 23.1 Å². The molecule has 0 bridgehead atoms. The summed E-state index contributed by atoms with van der Waals surface area (Å²) < 4.78 is 16.8. The Morgan fingerprint density at radius 1 is 1.28 bits per heavy atom. The summed E-state index contributed by atoms with van der Waals surface area (Å²) in [6.45, 7) is 0.749. The second-order valence-corrected chi connectivity index (χ2v) is 9.26. The van der Waals surface area contributed by atoms with E-state index in [9.17, 15) is 9.18 Å². The molecule has 1 saturated heterocycles. The minimum Gasteiger partial charge on any atom is -0.356 e. The van der Waals surface area contributed by atoms with Crippen LogP contribution in [0.25, 0.3) is 27.6 Å². The highest BCUT2D eigenvalue weighted by molar-refractivity contribution is 9.10. The molecule has 4 aromatic rings. The summed E-state index contributed by atoms with van der Waals surface area (Å²) in [6, 6.07) is 6.95. The molecule has 0 radical (unpaired) electrons. The molecule has 162 valence electrons. The number of aromatic nitrogens is 5. The summed E-state index contributed by atoms with van der Waals surface area (Å²) in [6.07, 6.45) is 6.67. The van der Waals surface area contributed by atoms with Crippen LogP contribution in [0.15, 0.2) is 41.3 Å². The zero-order chi connectivity index (χ0) is 21.9. The highest BCUT2D eigenvalue weighted by Gasteiger charge is 2.47. The molecular formula is C22H19BrFN7O. The van der Waals surface area contributed by atoms with E-state index < -0.39 is 5.82 Å². The number of nitrogens with zero attached hydrogens (tertiary/aromatic N) is 5. The van der Waals surface area contributed by atoms with Crippen LogP contribution in [0.2, 0.25) is 0 Å². The number of hydrogen-bond donors (Lipinski definition) is 2. The van der Waals surface area contributed by atoms with E-state index in [0.717, 1.165) is 37.6 Å². The Kier molecular flexibility index (Phi) is 4.39. The molecule has 6 rings (SSSR count). The first kappa shape index (κ1) is 19.5. The van der Waals surface area contributed by atoms with E-state index in [0.29, 0.717) is 32.8 Å². The summed E-state index contributed by atoms with van der Waals surface area (Å²) in [5, 5.41) is 12.3. The first-order valence-electron chi connectivity index (χ1n) is 10.5. The summed E-state index contributed by atoms with van der Waals surface area (Å²) in [5.74, 6) is 0.207. The van der Waals surface area contributed by atoms with Crippen molar-refractivity contribution in [2.75, 3.05) is 11.9 Å². The maximum absolute atomic E-state index is 14.7. The number of benzene rings is 1. The van der Waals surface area contributed by atoms with E-state index in [2.05, 4.69) is 46.6 Å². The molecule has 1 spiro atoms. The highest BCUT2D eigenvalue weighted by atomic mass is 79.9. The quantitative estimate of drug-likeness (QED) is 0.449. The second kappa shape index (κ2) is 7.19. The van der Waals surface area contributed by atoms with Gasteiger partial charge in [-0.05, 0) is 53.7 Å². The van der Waals surface area contributed by atoms with Crippen molar-refractivity contribution < 1.29 is 9.18 Å². The Morgan fingerprint density at radius 3 is 3.03 bits per heavy atom. The van der Waals surface area contributed by atoms with Crippen LogP contribution in [0, 0.1) is 11.2 Å². The van der Waals surface area contributed by atoms with Gasteiger partial charge in [0.25, 0.3) is 0 Å². The van der Waals surface area contributed by atoms with E-state index >= 15 is 0 Å². The maximum atomic E-state index is 14.7. The number of anilines is 1. The van der Waals surface area contributed by atoms with Crippen molar-refractivity contribution in [1.82, 2.24) is 30.0 Å². The fourth-order valence-electron chi connectivity index (χ4n) is 4.96. The van der Waals surface area contributed by atoms with Gasteiger partial charge in [0.1, 0.15) is 10.1 Å². The van der Waals surface area contributed by atoms with Crippen LogP contribution in [0.5, 0.6) is 0 Å². The minimum atomic E-state index is -0.420. The Balaban J connectivity index is 1.36. The molecule has 8 nitrogen and oxygen atoms in total. The third-order valence-corrected chi connectivity index (χ3v) is 7.17. The molecule has 1 aliphatic carbocycles. The average Bonchev–Trinajstić information content (AvgIpc) is 3.46. The standard InChI is InChI=1S/C22H19BrFN7O/c23-18-15-11-27-21(28-13-3-4-22(10-13)5-7-26-20(22)32)29-19(15)31(30-18)14-8-12-2-1-6-25-17(12)16(24)9-14/h1-2,6,8-9,11,13H,3-5,7,10H2,(H,26,32)(H,27,28,29)/t13-,22+/m1/s1. The average molecular weight is 496 g/mol. The predicted octanol–water partition coefficient (Wildman–Crippen LogP) is 3.74. The van der Waals surface area contributed by atoms with Crippen molar-refractivity contribution in [3.8, 4) is 5.69 Å². The van der Waals surface area contributed by atoms with Crippen molar-refractivity contribution in [1.29, 1.82) is 0 Å². The van der Waals surface area contributed by atoms with Crippen molar-refractivity contribution in [2.45, 2.75) is 31.7 Å². The molecule has 32 heavy (non-hydrogen) atoms. The van der Waals surface area contributed by atoms with Crippen LogP contribution >= 0.6 is 15.9 Å². The number of carbonyl (C=O) groups is 1. The largest absolute Gasteiger partial charge is 0.356 e. The van der Waals surface area contributed by atoms with E-state index in [1.165, 1.54) is 6.07 Å². The molecule has 1 aliphatic heterocycles. The number of amides is 1. The van der Waals surface area contributed by atoms with Crippen LogP contribution < -0.4 is 10.6 Å². The smallest absolute Gasteiger partial charge is 0.226 e. The number of fused-ring (bicyclic) bond motifs is 2. The lowest BCUT2D eigenvalue weighted by molar-refractivity contribution is -0.127. The Bertz CT molecular complexity index is 1390. The molecule has 2 fully saturated rings. The summed E-state index contributed by atoms with van der Waals surface area (Å²) in [4.78, 5) is 25.5. The number of rotatable bonds is 3. The van der Waals surface area contributed by atoms with Gasteiger partial charge in [0.05, 0.1) is 16.5 Å². The van der Waals surface area contributed by atoms with E-state index in [1.807, 2.05) is 12.1 Å². The van der Waals surface area contributed by atoms with Crippen LogP contribution in [0.3, 0.4) is 0 Å². The molecule has 3 aromatic heterocycles. The summed E-state index contributed by atoms with van der Waals surface area (Å²) in [7, 11) is 0. The highest BCUT2D eigenvalue weighted by Crippen LogP contribution is 2.44. The monoisotopic (exact) mass is 495 g/mol. The lowest BCUT2D eigenvalue weighted by Gasteiger charge is -2.19. The first-order valence-corrected chi connectivity index (χ1v) is 11.3. The molecule has 1 amide bonds. The number of halogens is 2. The van der Waals surface area contributed by atoms with Gasteiger partial charge in [0, 0.05) is 36.4 Å². The molecule has 1 saturated carbocycles. The molecule has 10 heteroatoms. The van der Waals surface area contributed by atoms with Gasteiger partial charge in [-0.1, -0.05) is 6.07 Å². The molecule has 2 atom stereocenters. The molecular weight excluding hydrogens is 477 g/mol. The van der Waals surface area contributed by atoms with Crippen LogP contribution in [0.1, 0.15) is 25.7 Å². The van der Waals surface area contributed by atoms with Gasteiger partial charge in [0.2, 0.25) is 11.9 Å². The summed E-state index contributed by atoms with van der Waals surface area (Å²) >= 11 is 3.46. The van der Waals surface area contributed by atoms with Gasteiger partial charge in [-0.3, -0.25) is 9.78 Å². The van der Waals surface area contributed by atoms with Gasteiger partial charge in [-0.15, -0.1) is 0 Å². The number of nitrogens with one attached hydrogen (secondary N) is 2. The molecule has 4 heterocycles. The van der Waals surface area contributed by atoms with Crippen LogP contribution in [0.4, 0.5) is 10.3 Å². The zero-order valence-corrected chi connectivity index (χ0v) is 18.6. The van der Waals surface area contributed by atoms with Gasteiger partial charge in [-0.25, -0.2) is 14.1 Å². The second-order valence-electron chi connectivity index (χ2n) is 8.51. The van der Waals surface area contributed by atoms with Gasteiger partial charge in [-0.2, -0.15) is 10.1 Å². The normalized spacial score (nSPS) is 22.8. The van der Waals surface area contributed by atoms with Crippen LogP contribution in [-0.4, -0.2) is 43.2 Å². The Morgan fingerprint density at radius 2 is 2.19 bits per heavy atom. The third-order valence-electron chi connectivity index (χ3n) is 6.58. The number of carbonyl (C=O) groups excluding carboxylic acids is 1. The number of hydrogen-bond acceptors (Lipinski definition) is 6. The fourth-order valence-corrected chi connectivity index (χ4v) is 5.39. The lowest BCUT2D eigenvalue weighted by atomic mass is 9.84. The van der Waals surface area contributed by atoms with Gasteiger partial charge >= 0.3 is 0 Å².